The highest BCUT2D eigenvalue weighted by Crippen LogP contribution is 2.34. The Hall–Kier alpha value is -0.650. The summed E-state index contributed by atoms with van der Waals surface area (Å²) in [5, 5.41) is 6.26. The summed E-state index contributed by atoms with van der Waals surface area (Å²) in [6, 6.07) is 0.388. The molecule has 2 heterocycles. The van der Waals surface area contributed by atoms with E-state index in [0.29, 0.717) is 12.6 Å². The molecule has 1 atom stereocenters. The molecule has 0 aliphatic carbocycles. The zero-order chi connectivity index (χ0) is 13.6. The number of carbonyl (C=O) groups excluding carboxylic acids is 1. The van der Waals surface area contributed by atoms with E-state index in [0.717, 1.165) is 58.5 Å². The van der Waals surface area contributed by atoms with Crippen LogP contribution in [0.4, 0.5) is 0 Å². The van der Waals surface area contributed by atoms with Gasteiger partial charge in [-0.1, -0.05) is 6.92 Å². The molecule has 0 aromatic heterocycles. The van der Waals surface area contributed by atoms with Gasteiger partial charge in [0.15, 0.2) is 0 Å². The van der Waals surface area contributed by atoms with Crippen molar-refractivity contribution < 1.29 is 14.3 Å². The van der Waals surface area contributed by atoms with Crippen molar-refractivity contribution in [3.8, 4) is 0 Å². The molecule has 19 heavy (non-hydrogen) atoms. The molecule has 0 saturated carbocycles. The quantitative estimate of drug-likeness (QED) is 0.777. The van der Waals surface area contributed by atoms with Crippen molar-refractivity contribution in [2.24, 2.45) is 0 Å². The molecule has 1 spiro atoms. The van der Waals surface area contributed by atoms with Crippen LogP contribution in [-0.2, 0) is 14.3 Å². The van der Waals surface area contributed by atoms with E-state index in [1.54, 1.807) is 0 Å². The summed E-state index contributed by atoms with van der Waals surface area (Å²) in [7, 11) is 0. The van der Waals surface area contributed by atoms with E-state index < -0.39 is 0 Å². The van der Waals surface area contributed by atoms with Crippen molar-refractivity contribution >= 4 is 5.91 Å². The van der Waals surface area contributed by atoms with Crippen LogP contribution < -0.4 is 10.6 Å². The van der Waals surface area contributed by atoms with Gasteiger partial charge in [0.05, 0.1) is 12.1 Å². The Balaban J connectivity index is 1.73. The molecule has 1 unspecified atom stereocenters. The second kappa shape index (κ2) is 7.22. The van der Waals surface area contributed by atoms with Gasteiger partial charge >= 0.3 is 0 Å². The van der Waals surface area contributed by atoms with Gasteiger partial charge < -0.3 is 20.1 Å². The standard InChI is InChI=1S/C14H26N2O3/c1-2-6-15-13(17)11-16-12-3-7-19-14(10-12)4-8-18-9-5-14/h12,16H,2-11H2,1H3,(H,15,17). The zero-order valence-corrected chi connectivity index (χ0v) is 11.9. The number of ether oxygens (including phenoxy) is 2. The van der Waals surface area contributed by atoms with Crippen LogP contribution >= 0.6 is 0 Å². The van der Waals surface area contributed by atoms with E-state index in [9.17, 15) is 4.79 Å². The van der Waals surface area contributed by atoms with Crippen LogP contribution in [0.1, 0.15) is 39.0 Å². The number of rotatable bonds is 5. The highest BCUT2D eigenvalue weighted by molar-refractivity contribution is 5.77. The molecular formula is C14H26N2O3. The summed E-state index contributed by atoms with van der Waals surface area (Å²) in [5.41, 5.74) is -0.00589. The Kier molecular flexibility index (Phi) is 5.60. The lowest BCUT2D eigenvalue weighted by Crippen LogP contribution is -2.51. The van der Waals surface area contributed by atoms with Gasteiger partial charge in [0.1, 0.15) is 0 Å². The maximum atomic E-state index is 11.6. The third-order valence-corrected chi connectivity index (χ3v) is 4.02. The Bertz CT molecular complexity index is 285. The maximum Gasteiger partial charge on any atom is 0.233 e. The first-order valence-electron chi connectivity index (χ1n) is 7.46. The van der Waals surface area contributed by atoms with E-state index in [2.05, 4.69) is 17.6 Å². The van der Waals surface area contributed by atoms with Crippen LogP contribution in [-0.4, -0.2) is 50.5 Å². The van der Waals surface area contributed by atoms with Crippen LogP contribution in [0.5, 0.6) is 0 Å². The van der Waals surface area contributed by atoms with Crippen molar-refractivity contribution in [2.75, 3.05) is 32.9 Å². The van der Waals surface area contributed by atoms with Crippen molar-refractivity contribution in [1.29, 1.82) is 0 Å². The zero-order valence-electron chi connectivity index (χ0n) is 11.9. The predicted octanol–water partition coefficient (Wildman–Crippen LogP) is 0.830. The molecule has 0 aromatic carbocycles. The van der Waals surface area contributed by atoms with E-state index in [-0.39, 0.29) is 11.5 Å². The largest absolute Gasteiger partial charge is 0.381 e. The fourth-order valence-corrected chi connectivity index (χ4v) is 2.86. The Morgan fingerprint density at radius 1 is 1.32 bits per heavy atom. The van der Waals surface area contributed by atoms with Gasteiger partial charge in [0.2, 0.25) is 5.91 Å². The molecule has 5 heteroatoms. The van der Waals surface area contributed by atoms with Crippen molar-refractivity contribution in [3.63, 3.8) is 0 Å². The first kappa shape index (κ1) is 14.8. The molecule has 2 aliphatic heterocycles. The van der Waals surface area contributed by atoms with Crippen molar-refractivity contribution in [3.05, 3.63) is 0 Å². The summed E-state index contributed by atoms with van der Waals surface area (Å²) in [6.45, 7) is 5.61. The Morgan fingerprint density at radius 2 is 2.11 bits per heavy atom. The average molecular weight is 270 g/mol. The van der Waals surface area contributed by atoms with Gasteiger partial charge in [-0.25, -0.2) is 0 Å². The van der Waals surface area contributed by atoms with Crippen molar-refractivity contribution in [1.82, 2.24) is 10.6 Å². The molecule has 2 N–H and O–H groups in total. The molecule has 2 fully saturated rings. The topological polar surface area (TPSA) is 59.6 Å². The van der Waals surface area contributed by atoms with Gasteiger partial charge in [-0.05, 0) is 32.1 Å². The summed E-state index contributed by atoms with van der Waals surface area (Å²) < 4.78 is 11.4. The summed E-state index contributed by atoms with van der Waals surface area (Å²) in [5.74, 6) is 0.0920. The number of amides is 1. The minimum absolute atomic E-state index is 0.00589. The third-order valence-electron chi connectivity index (χ3n) is 4.02. The lowest BCUT2D eigenvalue weighted by atomic mass is 9.84. The molecule has 0 radical (unpaired) electrons. The fraction of sp³-hybridized carbons (Fsp3) is 0.929. The van der Waals surface area contributed by atoms with E-state index in [1.807, 2.05) is 0 Å². The average Bonchev–Trinajstić information content (AvgIpc) is 2.44. The number of nitrogens with one attached hydrogen (secondary N) is 2. The van der Waals surface area contributed by atoms with E-state index >= 15 is 0 Å². The maximum absolute atomic E-state index is 11.6. The number of carbonyl (C=O) groups is 1. The molecule has 1 amide bonds. The molecule has 0 aromatic rings. The van der Waals surface area contributed by atoms with Gasteiger partial charge in [-0.2, -0.15) is 0 Å². The SMILES string of the molecule is CCCNC(=O)CNC1CCOC2(CCOCC2)C1. The van der Waals surface area contributed by atoms with E-state index in [4.69, 9.17) is 9.47 Å². The lowest BCUT2D eigenvalue weighted by Gasteiger charge is -2.43. The second-order valence-electron chi connectivity index (χ2n) is 5.56. The lowest BCUT2D eigenvalue weighted by molar-refractivity contribution is -0.141. The third kappa shape index (κ3) is 4.44. The minimum atomic E-state index is -0.00589. The Morgan fingerprint density at radius 3 is 2.84 bits per heavy atom. The van der Waals surface area contributed by atoms with Crippen LogP contribution in [0.3, 0.4) is 0 Å². The molecule has 2 saturated heterocycles. The van der Waals surface area contributed by atoms with Crippen LogP contribution in [0.25, 0.3) is 0 Å². The highest BCUT2D eigenvalue weighted by atomic mass is 16.5. The van der Waals surface area contributed by atoms with Gasteiger partial charge in [0, 0.05) is 32.4 Å². The molecule has 110 valence electrons. The summed E-state index contributed by atoms with van der Waals surface area (Å²) in [4.78, 5) is 11.6. The first-order valence-corrected chi connectivity index (χ1v) is 7.46. The van der Waals surface area contributed by atoms with Crippen molar-refractivity contribution in [2.45, 2.75) is 50.7 Å². The fourth-order valence-electron chi connectivity index (χ4n) is 2.86. The van der Waals surface area contributed by atoms with Gasteiger partial charge in [0.25, 0.3) is 0 Å². The first-order chi connectivity index (χ1) is 9.24. The van der Waals surface area contributed by atoms with Gasteiger partial charge in [-0.3, -0.25) is 4.79 Å². The predicted molar refractivity (Wildman–Crippen MR) is 73.1 cm³/mol. The monoisotopic (exact) mass is 270 g/mol. The molecule has 5 nitrogen and oxygen atoms in total. The van der Waals surface area contributed by atoms with Crippen LogP contribution in [0.2, 0.25) is 0 Å². The van der Waals surface area contributed by atoms with Crippen LogP contribution in [0, 0.1) is 0 Å². The highest BCUT2D eigenvalue weighted by Gasteiger charge is 2.38. The molecule has 2 aliphatic rings. The molecule has 0 bridgehead atoms. The minimum Gasteiger partial charge on any atom is -0.381 e. The molecule has 2 rings (SSSR count). The second-order valence-corrected chi connectivity index (χ2v) is 5.56. The Labute approximate surface area is 115 Å². The number of hydrogen-bond acceptors (Lipinski definition) is 4. The van der Waals surface area contributed by atoms with Gasteiger partial charge in [-0.15, -0.1) is 0 Å². The molecular weight excluding hydrogens is 244 g/mol. The summed E-state index contributed by atoms with van der Waals surface area (Å²) >= 11 is 0. The van der Waals surface area contributed by atoms with Crippen LogP contribution in [0.15, 0.2) is 0 Å². The summed E-state index contributed by atoms with van der Waals surface area (Å²) in [6.07, 6.45) is 4.92. The smallest absolute Gasteiger partial charge is 0.233 e. The normalized spacial score (nSPS) is 26.3. The number of hydrogen-bond donors (Lipinski definition) is 2. The van der Waals surface area contributed by atoms with E-state index in [1.165, 1.54) is 0 Å².